The number of aromatic carboxylic acids is 1. The molecule has 0 radical (unpaired) electrons. The lowest BCUT2D eigenvalue weighted by molar-refractivity contribution is 0.0694. The summed E-state index contributed by atoms with van der Waals surface area (Å²) < 4.78 is 1.58. The Balaban J connectivity index is 1.89. The van der Waals surface area contributed by atoms with Crippen molar-refractivity contribution in [3.63, 3.8) is 0 Å². The highest BCUT2D eigenvalue weighted by Gasteiger charge is 2.23. The lowest BCUT2D eigenvalue weighted by atomic mass is 10.1. The molecule has 1 atom stereocenters. The smallest absolute Gasteiger partial charge is 0.341 e. The minimum atomic E-state index is -1.17. The maximum absolute atomic E-state index is 12.3. The number of carboxylic acid groups (broad SMARTS) is 1. The van der Waals surface area contributed by atoms with Crippen LogP contribution in [0.1, 0.15) is 21.6 Å². The molecule has 0 amide bonds. The molecule has 0 bridgehead atoms. The van der Waals surface area contributed by atoms with E-state index in [1.807, 2.05) is 19.1 Å². The molecule has 5 heteroatoms. The topological polar surface area (TPSA) is 59.3 Å². The molecule has 3 rings (SSSR count). The Morgan fingerprint density at radius 1 is 1.33 bits per heavy atom. The zero-order valence-corrected chi connectivity index (χ0v) is 12.4. The standard InChI is InChI=1S/C16H15NO3S/c1-10-6-7-13(16(19)20)15(18)17(10)9-12-8-11-4-2-3-5-14(11)21-12/h2-7,12H,8-9H2,1H3,(H,19,20). The molecule has 0 fully saturated rings. The van der Waals surface area contributed by atoms with Crippen molar-refractivity contribution in [3.8, 4) is 0 Å². The van der Waals surface area contributed by atoms with Crippen molar-refractivity contribution >= 4 is 17.7 Å². The largest absolute Gasteiger partial charge is 0.477 e. The molecule has 2 aromatic rings. The van der Waals surface area contributed by atoms with Gasteiger partial charge in [0.2, 0.25) is 0 Å². The molecule has 2 heterocycles. The van der Waals surface area contributed by atoms with Crippen molar-refractivity contribution in [2.24, 2.45) is 0 Å². The van der Waals surface area contributed by atoms with E-state index in [4.69, 9.17) is 5.11 Å². The number of aromatic nitrogens is 1. The van der Waals surface area contributed by atoms with Gasteiger partial charge in [0, 0.05) is 22.4 Å². The first-order valence-electron chi connectivity index (χ1n) is 6.74. The van der Waals surface area contributed by atoms with Crippen LogP contribution in [-0.2, 0) is 13.0 Å². The van der Waals surface area contributed by atoms with Crippen molar-refractivity contribution in [1.29, 1.82) is 0 Å². The highest BCUT2D eigenvalue weighted by atomic mass is 32.2. The van der Waals surface area contributed by atoms with Crippen molar-refractivity contribution < 1.29 is 9.90 Å². The third kappa shape index (κ3) is 2.61. The molecule has 1 aromatic carbocycles. The van der Waals surface area contributed by atoms with Crippen LogP contribution in [0.25, 0.3) is 0 Å². The molecular weight excluding hydrogens is 286 g/mol. The number of carboxylic acids is 1. The van der Waals surface area contributed by atoms with Crippen LogP contribution in [0, 0.1) is 6.92 Å². The fourth-order valence-electron chi connectivity index (χ4n) is 2.62. The van der Waals surface area contributed by atoms with Crippen LogP contribution in [0.5, 0.6) is 0 Å². The number of fused-ring (bicyclic) bond motifs is 1. The van der Waals surface area contributed by atoms with Crippen LogP contribution in [0.4, 0.5) is 0 Å². The molecule has 0 saturated heterocycles. The Morgan fingerprint density at radius 2 is 2.10 bits per heavy atom. The van der Waals surface area contributed by atoms with Gasteiger partial charge in [-0.1, -0.05) is 18.2 Å². The third-order valence-electron chi connectivity index (χ3n) is 3.72. The van der Waals surface area contributed by atoms with E-state index in [0.717, 1.165) is 12.1 Å². The number of carbonyl (C=O) groups is 1. The molecule has 4 nitrogen and oxygen atoms in total. The van der Waals surface area contributed by atoms with Gasteiger partial charge in [-0.05, 0) is 37.1 Å². The number of nitrogens with zero attached hydrogens (tertiary/aromatic N) is 1. The summed E-state index contributed by atoms with van der Waals surface area (Å²) in [7, 11) is 0. The molecule has 1 aliphatic heterocycles. The molecule has 0 spiro atoms. The molecule has 1 unspecified atom stereocenters. The molecule has 1 N–H and O–H groups in total. The second-order valence-corrected chi connectivity index (χ2v) is 6.50. The van der Waals surface area contributed by atoms with Crippen LogP contribution in [0.2, 0.25) is 0 Å². The van der Waals surface area contributed by atoms with E-state index in [0.29, 0.717) is 6.54 Å². The van der Waals surface area contributed by atoms with Gasteiger partial charge in [-0.25, -0.2) is 4.79 Å². The lowest BCUT2D eigenvalue weighted by Crippen LogP contribution is -2.31. The predicted octanol–water partition coefficient (Wildman–Crippen LogP) is 2.57. The van der Waals surface area contributed by atoms with Gasteiger partial charge in [0.05, 0.1) is 0 Å². The van der Waals surface area contributed by atoms with Gasteiger partial charge >= 0.3 is 5.97 Å². The van der Waals surface area contributed by atoms with Crippen LogP contribution >= 0.6 is 11.8 Å². The van der Waals surface area contributed by atoms with E-state index in [2.05, 4.69) is 12.1 Å². The molecular formula is C16H15NO3S. The third-order valence-corrected chi connectivity index (χ3v) is 5.02. The quantitative estimate of drug-likeness (QED) is 0.946. The summed E-state index contributed by atoms with van der Waals surface area (Å²) >= 11 is 1.76. The van der Waals surface area contributed by atoms with E-state index in [1.54, 1.807) is 22.4 Å². The summed E-state index contributed by atoms with van der Waals surface area (Å²) in [6.45, 7) is 2.37. The monoisotopic (exact) mass is 301 g/mol. The number of hydrogen-bond acceptors (Lipinski definition) is 3. The Bertz CT molecular complexity index is 741. The minimum Gasteiger partial charge on any atom is -0.477 e. The van der Waals surface area contributed by atoms with E-state index >= 15 is 0 Å². The lowest BCUT2D eigenvalue weighted by Gasteiger charge is -2.14. The molecule has 21 heavy (non-hydrogen) atoms. The molecule has 108 valence electrons. The molecule has 0 aliphatic carbocycles. The van der Waals surface area contributed by atoms with Crippen molar-refractivity contribution in [2.45, 2.75) is 30.0 Å². The highest BCUT2D eigenvalue weighted by Crippen LogP contribution is 2.37. The van der Waals surface area contributed by atoms with Crippen LogP contribution in [0.3, 0.4) is 0 Å². The summed E-state index contributed by atoms with van der Waals surface area (Å²) in [4.78, 5) is 24.6. The van der Waals surface area contributed by atoms with Gasteiger partial charge in [0.1, 0.15) is 5.56 Å². The van der Waals surface area contributed by atoms with Crippen molar-refractivity contribution in [2.75, 3.05) is 0 Å². The molecule has 0 saturated carbocycles. The minimum absolute atomic E-state index is 0.166. The summed E-state index contributed by atoms with van der Waals surface area (Å²) in [5.74, 6) is -1.17. The van der Waals surface area contributed by atoms with Crippen LogP contribution in [0.15, 0.2) is 46.1 Å². The second kappa shape index (κ2) is 5.41. The van der Waals surface area contributed by atoms with Gasteiger partial charge in [-0.2, -0.15) is 0 Å². The fourth-order valence-corrected chi connectivity index (χ4v) is 3.93. The summed E-state index contributed by atoms with van der Waals surface area (Å²) in [6.07, 6.45) is 0.907. The van der Waals surface area contributed by atoms with Crippen LogP contribution < -0.4 is 5.56 Å². The summed E-state index contributed by atoms with van der Waals surface area (Å²) in [6, 6.07) is 11.3. The zero-order chi connectivity index (χ0) is 15.0. The average Bonchev–Trinajstić information content (AvgIpc) is 2.85. The van der Waals surface area contributed by atoms with Gasteiger partial charge in [0.15, 0.2) is 0 Å². The second-order valence-electron chi connectivity index (χ2n) is 5.16. The fraction of sp³-hybridized carbons (Fsp3) is 0.250. The van der Waals surface area contributed by atoms with Gasteiger partial charge < -0.3 is 9.67 Å². The van der Waals surface area contributed by atoms with Crippen molar-refractivity contribution in [3.05, 3.63) is 63.6 Å². The Labute approximate surface area is 126 Å². The average molecular weight is 301 g/mol. The maximum Gasteiger partial charge on any atom is 0.341 e. The zero-order valence-electron chi connectivity index (χ0n) is 11.6. The number of rotatable bonds is 3. The van der Waals surface area contributed by atoms with E-state index in [1.165, 1.54) is 16.5 Å². The van der Waals surface area contributed by atoms with Gasteiger partial charge in [-0.3, -0.25) is 4.79 Å². The predicted molar refractivity (Wildman–Crippen MR) is 82.2 cm³/mol. The normalized spacial score (nSPS) is 16.7. The number of thioether (sulfide) groups is 1. The number of benzene rings is 1. The Morgan fingerprint density at radius 3 is 2.81 bits per heavy atom. The summed E-state index contributed by atoms with van der Waals surface area (Å²) in [5.41, 5.74) is 1.51. The number of pyridine rings is 1. The maximum atomic E-state index is 12.3. The first-order chi connectivity index (χ1) is 10.1. The SMILES string of the molecule is Cc1ccc(C(=O)O)c(=O)n1CC1Cc2ccccc2S1. The summed E-state index contributed by atoms with van der Waals surface area (Å²) in [5, 5.41) is 9.33. The molecule has 1 aliphatic rings. The van der Waals surface area contributed by atoms with E-state index in [9.17, 15) is 9.59 Å². The molecule has 1 aromatic heterocycles. The van der Waals surface area contributed by atoms with Crippen LogP contribution in [-0.4, -0.2) is 20.9 Å². The van der Waals surface area contributed by atoms with Crippen molar-refractivity contribution in [1.82, 2.24) is 4.57 Å². The number of aryl methyl sites for hydroxylation is 1. The van der Waals surface area contributed by atoms with Gasteiger partial charge in [-0.15, -0.1) is 11.8 Å². The Kier molecular flexibility index (Phi) is 3.59. The van der Waals surface area contributed by atoms with E-state index < -0.39 is 11.5 Å². The first-order valence-corrected chi connectivity index (χ1v) is 7.62. The Hall–Kier alpha value is -2.01. The van der Waals surface area contributed by atoms with E-state index in [-0.39, 0.29) is 10.8 Å². The van der Waals surface area contributed by atoms with Gasteiger partial charge in [0.25, 0.3) is 5.56 Å². The number of hydrogen-bond donors (Lipinski definition) is 1. The first kappa shape index (κ1) is 13.9. The highest BCUT2D eigenvalue weighted by molar-refractivity contribution is 8.00.